The van der Waals surface area contributed by atoms with Crippen LogP contribution in [0.2, 0.25) is 0 Å². The quantitative estimate of drug-likeness (QED) is 0.769. The average molecular weight is 310 g/mol. The van der Waals surface area contributed by atoms with Gasteiger partial charge in [-0.3, -0.25) is 0 Å². The first-order chi connectivity index (χ1) is 11.0. The van der Waals surface area contributed by atoms with Gasteiger partial charge in [0.25, 0.3) is 0 Å². The molecule has 0 unspecified atom stereocenters. The van der Waals surface area contributed by atoms with Crippen LogP contribution in [-0.2, 0) is 17.9 Å². The smallest absolute Gasteiger partial charge is 0.328 e. The minimum absolute atomic E-state index is 0.696. The lowest BCUT2D eigenvalue weighted by Crippen LogP contribution is -2.10. The van der Waals surface area contributed by atoms with Gasteiger partial charge in [0.15, 0.2) is 0 Å². The second-order valence-corrected chi connectivity index (χ2v) is 5.70. The molecule has 120 valence electrons. The highest BCUT2D eigenvalue weighted by Crippen LogP contribution is 2.13. The predicted molar refractivity (Wildman–Crippen MR) is 94.3 cm³/mol. The molecule has 0 aliphatic carbocycles. The number of anilines is 1. The van der Waals surface area contributed by atoms with Crippen LogP contribution in [0.15, 0.2) is 54.6 Å². The zero-order chi connectivity index (χ0) is 16.7. The van der Waals surface area contributed by atoms with Gasteiger partial charge in [0.2, 0.25) is 0 Å². The van der Waals surface area contributed by atoms with Crippen LogP contribution < -0.4 is 5.32 Å². The molecule has 2 N–H and O–H groups in total. The summed E-state index contributed by atoms with van der Waals surface area (Å²) in [4.78, 5) is 12.7. The van der Waals surface area contributed by atoms with Gasteiger partial charge in [-0.05, 0) is 55.1 Å². The van der Waals surface area contributed by atoms with Crippen molar-refractivity contribution in [3.05, 3.63) is 71.3 Å². The molecule has 2 aromatic carbocycles. The Morgan fingerprint density at radius 1 is 1.13 bits per heavy atom. The first-order valence-electron chi connectivity index (χ1n) is 7.50. The highest BCUT2D eigenvalue weighted by molar-refractivity contribution is 5.85. The lowest BCUT2D eigenvalue weighted by Gasteiger charge is -2.11. The molecule has 0 saturated carbocycles. The molecule has 23 heavy (non-hydrogen) atoms. The molecule has 0 aliphatic heterocycles. The topological polar surface area (TPSA) is 52.6 Å². The Kier molecular flexibility index (Phi) is 5.94. The van der Waals surface area contributed by atoms with E-state index in [0.29, 0.717) is 6.54 Å². The largest absolute Gasteiger partial charge is 0.478 e. The number of hydrogen-bond acceptors (Lipinski definition) is 3. The molecule has 0 aromatic heterocycles. The molecule has 0 aliphatic rings. The summed E-state index contributed by atoms with van der Waals surface area (Å²) in [6.07, 6.45) is 2.75. The Labute approximate surface area is 137 Å². The van der Waals surface area contributed by atoms with Crippen LogP contribution in [0.25, 0.3) is 6.08 Å². The summed E-state index contributed by atoms with van der Waals surface area (Å²) in [5.74, 6) is -0.939. The van der Waals surface area contributed by atoms with Gasteiger partial charge >= 0.3 is 5.97 Å². The monoisotopic (exact) mass is 310 g/mol. The molecule has 4 heteroatoms. The zero-order valence-corrected chi connectivity index (χ0v) is 13.5. The van der Waals surface area contributed by atoms with Crippen molar-refractivity contribution in [2.24, 2.45) is 0 Å². The zero-order valence-electron chi connectivity index (χ0n) is 13.5. The molecule has 0 amide bonds. The fourth-order valence-electron chi connectivity index (χ4n) is 2.27. The summed E-state index contributed by atoms with van der Waals surface area (Å²) in [5.41, 5.74) is 4.34. The van der Waals surface area contributed by atoms with Gasteiger partial charge in [0.1, 0.15) is 0 Å². The van der Waals surface area contributed by atoms with Crippen molar-refractivity contribution in [1.29, 1.82) is 0 Å². The molecule has 0 bridgehead atoms. The molecule has 0 spiro atoms. The normalized spacial score (nSPS) is 11.1. The number of aliphatic carboxylic acids is 1. The van der Waals surface area contributed by atoms with Crippen LogP contribution in [0.5, 0.6) is 0 Å². The molecule has 0 heterocycles. The van der Waals surface area contributed by atoms with E-state index < -0.39 is 5.97 Å². The second kappa shape index (κ2) is 8.15. The van der Waals surface area contributed by atoms with Crippen LogP contribution in [0.3, 0.4) is 0 Å². The summed E-state index contributed by atoms with van der Waals surface area (Å²) in [6, 6.07) is 16.2. The number of benzene rings is 2. The van der Waals surface area contributed by atoms with E-state index >= 15 is 0 Å². The van der Waals surface area contributed by atoms with Gasteiger partial charge in [-0.1, -0.05) is 30.3 Å². The van der Waals surface area contributed by atoms with Crippen molar-refractivity contribution < 1.29 is 9.90 Å². The Morgan fingerprint density at radius 2 is 1.87 bits per heavy atom. The summed E-state index contributed by atoms with van der Waals surface area (Å²) in [7, 11) is 4.11. The first kappa shape index (κ1) is 16.8. The number of carboxylic acids is 1. The number of carbonyl (C=O) groups is 1. The van der Waals surface area contributed by atoms with E-state index in [4.69, 9.17) is 5.11 Å². The number of rotatable bonds is 7. The molecule has 0 atom stereocenters. The first-order valence-corrected chi connectivity index (χ1v) is 7.50. The van der Waals surface area contributed by atoms with Gasteiger partial charge in [0, 0.05) is 24.9 Å². The summed E-state index contributed by atoms with van der Waals surface area (Å²) in [6.45, 7) is 1.63. The summed E-state index contributed by atoms with van der Waals surface area (Å²) < 4.78 is 0. The van der Waals surface area contributed by atoms with Crippen LogP contribution >= 0.6 is 0 Å². The van der Waals surface area contributed by atoms with Crippen molar-refractivity contribution in [2.45, 2.75) is 13.1 Å². The van der Waals surface area contributed by atoms with E-state index in [0.717, 1.165) is 29.4 Å². The molecule has 2 rings (SSSR count). The predicted octanol–water partition coefficient (Wildman–Crippen LogP) is 3.46. The fraction of sp³-hybridized carbons (Fsp3) is 0.211. The third kappa shape index (κ3) is 5.96. The molecule has 4 nitrogen and oxygen atoms in total. The Morgan fingerprint density at radius 3 is 2.52 bits per heavy atom. The maximum absolute atomic E-state index is 10.6. The maximum atomic E-state index is 10.6. The Bertz CT molecular complexity index is 676. The highest BCUT2D eigenvalue weighted by Gasteiger charge is 1.98. The van der Waals surface area contributed by atoms with Crippen LogP contribution in [-0.4, -0.2) is 30.1 Å². The van der Waals surface area contributed by atoms with Crippen molar-refractivity contribution in [3.63, 3.8) is 0 Å². The Balaban J connectivity index is 1.95. The van der Waals surface area contributed by atoms with E-state index in [1.54, 1.807) is 6.08 Å². The molecular weight excluding hydrogens is 288 g/mol. The third-order valence-corrected chi connectivity index (χ3v) is 3.32. The van der Waals surface area contributed by atoms with E-state index in [9.17, 15) is 4.79 Å². The number of nitrogens with one attached hydrogen (secondary N) is 1. The van der Waals surface area contributed by atoms with Gasteiger partial charge in [0.05, 0.1) is 0 Å². The lowest BCUT2D eigenvalue weighted by atomic mass is 10.1. The molecule has 2 aromatic rings. The number of nitrogens with zero attached hydrogens (tertiary/aromatic N) is 1. The molecule has 0 fully saturated rings. The summed E-state index contributed by atoms with van der Waals surface area (Å²) in [5, 5.41) is 12.1. The molecular formula is C19H22N2O2. The SMILES string of the molecule is CN(C)Cc1ccc(NCc2cccc(/C=C/C(=O)O)c2)cc1. The van der Waals surface area contributed by atoms with E-state index in [1.807, 2.05) is 24.3 Å². The molecule has 0 saturated heterocycles. The number of hydrogen-bond donors (Lipinski definition) is 2. The summed E-state index contributed by atoms with van der Waals surface area (Å²) >= 11 is 0. The van der Waals surface area contributed by atoms with Gasteiger partial charge in [-0.25, -0.2) is 4.79 Å². The van der Waals surface area contributed by atoms with Crippen molar-refractivity contribution >= 4 is 17.7 Å². The van der Waals surface area contributed by atoms with Gasteiger partial charge < -0.3 is 15.3 Å². The van der Waals surface area contributed by atoms with Crippen LogP contribution in [0.4, 0.5) is 5.69 Å². The standard InChI is InChI=1S/C19H22N2O2/c1-21(2)14-16-6-9-18(10-7-16)20-13-17-5-3-4-15(12-17)8-11-19(22)23/h3-12,20H,13-14H2,1-2H3,(H,22,23)/b11-8+. The van der Waals surface area contributed by atoms with Gasteiger partial charge in [-0.2, -0.15) is 0 Å². The van der Waals surface area contributed by atoms with Crippen LogP contribution in [0.1, 0.15) is 16.7 Å². The fourth-order valence-corrected chi connectivity index (χ4v) is 2.27. The van der Waals surface area contributed by atoms with E-state index in [1.165, 1.54) is 5.56 Å². The van der Waals surface area contributed by atoms with Crippen molar-refractivity contribution in [3.8, 4) is 0 Å². The lowest BCUT2D eigenvalue weighted by molar-refractivity contribution is -0.131. The van der Waals surface area contributed by atoms with Crippen molar-refractivity contribution in [1.82, 2.24) is 4.90 Å². The minimum atomic E-state index is -0.939. The minimum Gasteiger partial charge on any atom is -0.478 e. The second-order valence-electron chi connectivity index (χ2n) is 5.70. The van der Waals surface area contributed by atoms with Gasteiger partial charge in [-0.15, -0.1) is 0 Å². The van der Waals surface area contributed by atoms with Crippen molar-refractivity contribution in [2.75, 3.05) is 19.4 Å². The van der Waals surface area contributed by atoms with E-state index in [-0.39, 0.29) is 0 Å². The number of carboxylic acid groups (broad SMARTS) is 1. The molecule has 0 radical (unpaired) electrons. The third-order valence-electron chi connectivity index (χ3n) is 3.32. The van der Waals surface area contributed by atoms with E-state index in [2.05, 4.69) is 48.6 Å². The van der Waals surface area contributed by atoms with Crippen LogP contribution in [0, 0.1) is 0 Å². The highest BCUT2D eigenvalue weighted by atomic mass is 16.4. The Hall–Kier alpha value is -2.59. The maximum Gasteiger partial charge on any atom is 0.328 e. The average Bonchev–Trinajstić information content (AvgIpc) is 2.52.